The second-order valence-electron chi connectivity index (χ2n) is 3.91. The van der Waals surface area contributed by atoms with Gasteiger partial charge in [0.1, 0.15) is 18.0 Å². The fourth-order valence-corrected chi connectivity index (χ4v) is 2.09. The van der Waals surface area contributed by atoms with Crippen molar-refractivity contribution in [3.05, 3.63) is 28.7 Å². The highest BCUT2D eigenvalue weighted by atomic mass is 32.1. The van der Waals surface area contributed by atoms with E-state index < -0.39 is 36.7 Å². The zero-order valence-corrected chi connectivity index (χ0v) is 10.3. The van der Waals surface area contributed by atoms with E-state index in [1.807, 2.05) is 0 Å². The number of rotatable bonds is 2. The zero-order valence-electron chi connectivity index (χ0n) is 9.53. The highest BCUT2D eigenvalue weighted by Gasteiger charge is 2.42. The van der Waals surface area contributed by atoms with Gasteiger partial charge >= 0.3 is 0 Å². The molecule has 1 aliphatic heterocycles. The molecule has 9 heteroatoms. The number of aliphatic hydroxyl groups is 2. The Labute approximate surface area is 111 Å². The number of nitrogens with two attached hydrogens (primary N) is 1. The van der Waals surface area contributed by atoms with Crippen molar-refractivity contribution in [3.63, 3.8) is 0 Å². The van der Waals surface area contributed by atoms with Crippen molar-refractivity contribution in [2.75, 3.05) is 12.3 Å². The molecule has 0 radical (unpaired) electrons. The van der Waals surface area contributed by atoms with Crippen LogP contribution in [-0.2, 0) is 4.74 Å². The molecule has 0 amide bonds. The van der Waals surface area contributed by atoms with Gasteiger partial charge in [-0.25, -0.2) is 4.98 Å². The topological polar surface area (TPSA) is 93.5 Å². The van der Waals surface area contributed by atoms with E-state index in [1.54, 1.807) is 0 Å². The molecule has 1 saturated heterocycles. The molecule has 0 spiro atoms. The summed E-state index contributed by atoms with van der Waals surface area (Å²) < 4.78 is 32.1. The smallest absolute Gasteiger partial charge is 0.276 e. The van der Waals surface area contributed by atoms with Crippen LogP contribution in [0.1, 0.15) is 6.23 Å². The predicted molar refractivity (Wildman–Crippen MR) is 63.7 cm³/mol. The lowest BCUT2D eigenvalue weighted by molar-refractivity contribution is -0.0442. The van der Waals surface area contributed by atoms with E-state index in [-0.39, 0.29) is 10.6 Å². The molecule has 19 heavy (non-hydrogen) atoms. The maximum Gasteiger partial charge on any atom is 0.276 e. The quantitative estimate of drug-likeness (QED) is 0.691. The van der Waals surface area contributed by atoms with E-state index in [0.717, 1.165) is 4.57 Å². The summed E-state index contributed by atoms with van der Waals surface area (Å²) in [5.74, 6) is 0.143. The highest BCUT2D eigenvalue weighted by molar-refractivity contribution is 7.71. The number of nitrogens with zero attached hydrogens (tertiary/aromatic N) is 2. The van der Waals surface area contributed by atoms with E-state index in [2.05, 4.69) is 4.98 Å². The first kappa shape index (κ1) is 14.0. The maximum absolute atomic E-state index is 12.9. The number of halogens is 2. The van der Waals surface area contributed by atoms with Crippen LogP contribution in [0.5, 0.6) is 0 Å². The predicted octanol–water partition coefficient (Wildman–Crippen LogP) is 0.596. The minimum atomic E-state index is -2.08. The Kier molecular flexibility index (Phi) is 3.90. The number of nitrogen functional groups attached to an aromatic ring is 1. The van der Waals surface area contributed by atoms with Crippen molar-refractivity contribution in [2.24, 2.45) is 0 Å². The summed E-state index contributed by atoms with van der Waals surface area (Å²) in [6.45, 7) is -0.593. The lowest BCUT2D eigenvalue weighted by atomic mass is 10.1. The standard InChI is InChI=1S/C10H11F2N3O3S/c11-8(12)6-7(17)4(3-16)18-9(6)15-2-1-5(13)14-10(15)19/h1-2,4,7,9,16-17H,3H2,(H2,13,14,19)/t4-,7-,9-/m1/s1. The van der Waals surface area contributed by atoms with Gasteiger partial charge in [0.15, 0.2) is 6.23 Å². The normalized spacial score (nSPS) is 26.7. The average Bonchev–Trinajstić information content (AvgIpc) is 2.66. The number of aliphatic hydroxyl groups excluding tert-OH is 2. The molecule has 6 nitrogen and oxygen atoms in total. The summed E-state index contributed by atoms with van der Waals surface area (Å²) >= 11 is 4.91. The minimum Gasteiger partial charge on any atom is -0.394 e. The largest absolute Gasteiger partial charge is 0.394 e. The number of hydrogen-bond donors (Lipinski definition) is 3. The Morgan fingerprint density at radius 1 is 1.58 bits per heavy atom. The molecule has 1 aromatic heterocycles. The van der Waals surface area contributed by atoms with Crippen molar-refractivity contribution in [1.29, 1.82) is 0 Å². The van der Waals surface area contributed by atoms with Crippen molar-refractivity contribution in [1.82, 2.24) is 9.55 Å². The third kappa shape index (κ3) is 2.50. The molecule has 2 heterocycles. The van der Waals surface area contributed by atoms with E-state index in [1.165, 1.54) is 12.3 Å². The van der Waals surface area contributed by atoms with Gasteiger partial charge in [0, 0.05) is 6.20 Å². The van der Waals surface area contributed by atoms with Gasteiger partial charge in [0.05, 0.1) is 12.2 Å². The van der Waals surface area contributed by atoms with Gasteiger partial charge in [-0.05, 0) is 18.3 Å². The second-order valence-corrected chi connectivity index (χ2v) is 4.28. The Hall–Kier alpha value is -1.42. The highest BCUT2D eigenvalue weighted by Crippen LogP contribution is 2.37. The van der Waals surface area contributed by atoms with Crippen molar-refractivity contribution < 1.29 is 23.7 Å². The number of hydrogen-bond acceptors (Lipinski definition) is 6. The fraction of sp³-hybridized carbons (Fsp3) is 0.400. The Balaban J connectivity index is 2.49. The molecule has 3 atom stereocenters. The van der Waals surface area contributed by atoms with Gasteiger partial charge in [-0.1, -0.05) is 0 Å². The van der Waals surface area contributed by atoms with Crippen molar-refractivity contribution in [2.45, 2.75) is 18.4 Å². The Bertz CT molecular complexity index is 573. The van der Waals surface area contributed by atoms with E-state index in [9.17, 15) is 13.9 Å². The number of ether oxygens (including phenoxy) is 1. The molecule has 4 N–H and O–H groups in total. The zero-order chi connectivity index (χ0) is 14.2. The molecule has 0 unspecified atom stereocenters. The third-order valence-electron chi connectivity index (χ3n) is 2.74. The lowest BCUT2D eigenvalue weighted by Gasteiger charge is -2.15. The van der Waals surface area contributed by atoms with Crippen LogP contribution in [0.15, 0.2) is 23.9 Å². The third-order valence-corrected chi connectivity index (χ3v) is 3.04. The molecule has 2 rings (SSSR count). The summed E-state index contributed by atoms with van der Waals surface area (Å²) in [4.78, 5) is 3.75. The fourth-order valence-electron chi connectivity index (χ4n) is 1.83. The van der Waals surface area contributed by atoms with E-state index in [4.69, 9.17) is 27.8 Å². The van der Waals surface area contributed by atoms with Crippen molar-refractivity contribution in [3.8, 4) is 0 Å². The summed E-state index contributed by atoms with van der Waals surface area (Å²) in [6.07, 6.45) is -4.78. The Morgan fingerprint density at radius 3 is 2.79 bits per heavy atom. The molecule has 1 fully saturated rings. The molecular weight excluding hydrogens is 280 g/mol. The lowest BCUT2D eigenvalue weighted by Crippen LogP contribution is -2.25. The van der Waals surface area contributed by atoms with E-state index in [0.29, 0.717) is 0 Å². The molecule has 0 aromatic carbocycles. The van der Waals surface area contributed by atoms with Crippen LogP contribution in [0, 0.1) is 4.77 Å². The molecule has 0 saturated carbocycles. The van der Waals surface area contributed by atoms with E-state index >= 15 is 0 Å². The summed E-state index contributed by atoms with van der Waals surface area (Å²) in [5.41, 5.74) is 4.78. The van der Waals surface area contributed by atoms with Gasteiger partial charge in [-0.2, -0.15) is 8.78 Å². The van der Waals surface area contributed by atoms with Crippen LogP contribution in [0.25, 0.3) is 0 Å². The average molecular weight is 291 g/mol. The summed E-state index contributed by atoms with van der Waals surface area (Å²) in [7, 11) is 0. The monoisotopic (exact) mass is 291 g/mol. The van der Waals surface area contributed by atoms with Crippen molar-refractivity contribution >= 4 is 18.0 Å². The first-order valence-electron chi connectivity index (χ1n) is 5.29. The molecule has 0 aliphatic carbocycles. The number of anilines is 1. The van der Waals surface area contributed by atoms with Crippen LogP contribution < -0.4 is 5.73 Å². The molecule has 104 valence electrons. The first-order chi connectivity index (χ1) is 8.95. The first-order valence-corrected chi connectivity index (χ1v) is 5.70. The maximum atomic E-state index is 12.9. The number of aromatic nitrogens is 2. The molecule has 0 bridgehead atoms. The van der Waals surface area contributed by atoms with Gasteiger partial charge in [0.2, 0.25) is 4.77 Å². The van der Waals surface area contributed by atoms with Crippen LogP contribution in [0.4, 0.5) is 14.6 Å². The van der Waals surface area contributed by atoms with Gasteiger partial charge in [0.25, 0.3) is 6.08 Å². The van der Waals surface area contributed by atoms with Gasteiger partial charge in [-0.15, -0.1) is 0 Å². The van der Waals surface area contributed by atoms with Gasteiger partial charge in [-0.3, -0.25) is 4.57 Å². The van der Waals surface area contributed by atoms with Crippen LogP contribution >= 0.6 is 12.2 Å². The van der Waals surface area contributed by atoms with Gasteiger partial charge < -0.3 is 20.7 Å². The second kappa shape index (κ2) is 5.29. The van der Waals surface area contributed by atoms with Crippen LogP contribution in [0.3, 0.4) is 0 Å². The van der Waals surface area contributed by atoms with Crippen LogP contribution in [-0.4, -0.2) is 38.6 Å². The molecule has 1 aliphatic rings. The Morgan fingerprint density at radius 2 is 2.26 bits per heavy atom. The SMILES string of the molecule is Nc1ccn([C@@H]2O[C@H](CO)[C@@H](O)C2=C(F)F)c(=S)n1. The minimum absolute atomic E-state index is 0.0606. The molecular formula is C10H11F2N3O3S. The summed E-state index contributed by atoms with van der Waals surface area (Å²) in [5, 5.41) is 18.7. The summed E-state index contributed by atoms with van der Waals surface area (Å²) in [6, 6.07) is 1.37. The molecule has 1 aromatic rings. The van der Waals surface area contributed by atoms with Crippen LogP contribution in [0.2, 0.25) is 0 Å².